The fourth-order valence-corrected chi connectivity index (χ4v) is 2.84. The maximum atomic E-state index is 3.68. The van der Waals surface area contributed by atoms with Gasteiger partial charge in [-0.25, -0.2) is 0 Å². The van der Waals surface area contributed by atoms with E-state index in [0.29, 0.717) is 11.5 Å². The summed E-state index contributed by atoms with van der Waals surface area (Å²) in [4.78, 5) is 2.69. The third-order valence-electron chi connectivity index (χ3n) is 4.36. The minimum absolute atomic E-state index is 0.379. The van der Waals surface area contributed by atoms with Crippen LogP contribution >= 0.6 is 0 Å². The van der Waals surface area contributed by atoms with E-state index in [4.69, 9.17) is 0 Å². The highest BCUT2D eigenvalue weighted by Gasteiger charge is 2.29. The summed E-state index contributed by atoms with van der Waals surface area (Å²) in [6, 6.07) is 0.648. The molecule has 2 unspecified atom stereocenters. The lowest BCUT2D eigenvalue weighted by Crippen LogP contribution is -2.56. The smallest absolute Gasteiger partial charge is 0.0244 e. The van der Waals surface area contributed by atoms with Crippen molar-refractivity contribution < 1.29 is 0 Å². The maximum Gasteiger partial charge on any atom is 0.0244 e. The summed E-state index contributed by atoms with van der Waals surface area (Å²) in [7, 11) is 0. The molecule has 0 aromatic heterocycles. The molecular weight excluding hydrogens is 220 g/mol. The Bertz CT molecular complexity index is 220. The van der Waals surface area contributed by atoms with Gasteiger partial charge in [0.15, 0.2) is 0 Å². The van der Waals surface area contributed by atoms with Crippen molar-refractivity contribution in [1.82, 2.24) is 10.2 Å². The monoisotopic (exact) mass is 254 g/mol. The maximum absolute atomic E-state index is 3.68. The van der Waals surface area contributed by atoms with Crippen LogP contribution in [0.2, 0.25) is 0 Å². The molecule has 1 fully saturated rings. The molecule has 2 atom stereocenters. The third kappa shape index (κ3) is 5.27. The third-order valence-corrected chi connectivity index (χ3v) is 4.36. The average Bonchev–Trinajstić information content (AvgIpc) is 2.33. The first-order valence-electron chi connectivity index (χ1n) is 7.93. The number of unbranched alkanes of at least 4 members (excludes halogenated alkanes) is 1. The summed E-state index contributed by atoms with van der Waals surface area (Å²) in [6.07, 6.45) is 5.48. The van der Waals surface area contributed by atoms with Gasteiger partial charge in [0.2, 0.25) is 0 Å². The van der Waals surface area contributed by atoms with Gasteiger partial charge in [0.05, 0.1) is 0 Å². The molecule has 108 valence electrons. The van der Waals surface area contributed by atoms with Gasteiger partial charge in [-0.3, -0.25) is 0 Å². The fraction of sp³-hybridized carbons (Fsp3) is 1.00. The second kappa shape index (κ2) is 7.49. The standard InChI is InChI=1S/C16H34N2/c1-6-8-9-14(7-2)12-18-11-10-17-15(13-18)16(3,4)5/h14-15,17H,6-13H2,1-5H3. The van der Waals surface area contributed by atoms with E-state index < -0.39 is 0 Å². The van der Waals surface area contributed by atoms with Gasteiger partial charge in [0.25, 0.3) is 0 Å². The van der Waals surface area contributed by atoms with Gasteiger partial charge < -0.3 is 10.2 Å². The second-order valence-corrected chi connectivity index (χ2v) is 7.05. The molecule has 1 N–H and O–H groups in total. The van der Waals surface area contributed by atoms with Gasteiger partial charge in [-0.15, -0.1) is 0 Å². The number of hydrogen-bond donors (Lipinski definition) is 1. The van der Waals surface area contributed by atoms with Gasteiger partial charge in [-0.2, -0.15) is 0 Å². The number of piperazine rings is 1. The van der Waals surface area contributed by atoms with Crippen LogP contribution in [0.5, 0.6) is 0 Å². The molecule has 0 aliphatic carbocycles. The minimum atomic E-state index is 0.379. The zero-order chi connectivity index (χ0) is 13.6. The molecule has 18 heavy (non-hydrogen) atoms. The molecule has 0 aromatic rings. The number of nitrogens with zero attached hydrogens (tertiary/aromatic N) is 1. The molecular formula is C16H34N2. The SMILES string of the molecule is CCCCC(CC)CN1CCNC(C(C)(C)C)C1. The number of rotatable bonds is 6. The van der Waals surface area contributed by atoms with Crippen LogP contribution in [-0.2, 0) is 0 Å². The first-order chi connectivity index (χ1) is 8.47. The number of hydrogen-bond acceptors (Lipinski definition) is 2. The van der Waals surface area contributed by atoms with Crippen molar-refractivity contribution in [1.29, 1.82) is 0 Å². The van der Waals surface area contributed by atoms with E-state index in [-0.39, 0.29) is 0 Å². The Hall–Kier alpha value is -0.0800. The van der Waals surface area contributed by atoms with Gasteiger partial charge in [0, 0.05) is 32.2 Å². The van der Waals surface area contributed by atoms with Crippen LogP contribution in [-0.4, -0.2) is 37.1 Å². The highest BCUT2D eigenvalue weighted by molar-refractivity contribution is 4.87. The molecule has 0 spiro atoms. The van der Waals surface area contributed by atoms with Crippen molar-refractivity contribution in [3.05, 3.63) is 0 Å². The lowest BCUT2D eigenvalue weighted by molar-refractivity contribution is 0.116. The van der Waals surface area contributed by atoms with E-state index in [2.05, 4.69) is 44.8 Å². The normalized spacial score (nSPS) is 24.2. The van der Waals surface area contributed by atoms with E-state index in [1.54, 1.807) is 0 Å². The van der Waals surface area contributed by atoms with E-state index >= 15 is 0 Å². The predicted molar refractivity (Wildman–Crippen MR) is 81.0 cm³/mol. The Morgan fingerprint density at radius 3 is 2.56 bits per heavy atom. The van der Waals surface area contributed by atoms with Crippen molar-refractivity contribution in [3.63, 3.8) is 0 Å². The Kier molecular flexibility index (Phi) is 6.65. The first-order valence-corrected chi connectivity index (χ1v) is 7.93. The van der Waals surface area contributed by atoms with Crippen LogP contribution in [0.25, 0.3) is 0 Å². The highest BCUT2D eigenvalue weighted by atomic mass is 15.2. The van der Waals surface area contributed by atoms with E-state index in [1.807, 2.05) is 0 Å². The Morgan fingerprint density at radius 1 is 1.28 bits per heavy atom. The largest absolute Gasteiger partial charge is 0.311 e. The van der Waals surface area contributed by atoms with Crippen LogP contribution in [0.15, 0.2) is 0 Å². The lowest BCUT2D eigenvalue weighted by Gasteiger charge is -2.41. The average molecular weight is 254 g/mol. The molecule has 0 saturated carbocycles. The second-order valence-electron chi connectivity index (χ2n) is 7.05. The molecule has 1 aliphatic rings. The fourth-order valence-electron chi connectivity index (χ4n) is 2.84. The van der Waals surface area contributed by atoms with Crippen molar-refractivity contribution in [2.75, 3.05) is 26.2 Å². The van der Waals surface area contributed by atoms with E-state index in [9.17, 15) is 0 Å². The summed E-state index contributed by atoms with van der Waals surface area (Å²) in [5, 5.41) is 3.68. The van der Waals surface area contributed by atoms with Gasteiger partial charge in [0.1, 0.15) is 0 Å². The van der Waals surface area contributed by atoms with Gasteiger partial charge in [-0.1, -0.05) is 53.9 Å². The summed E-state index contributed by atoms with van der Waals surface area (Å²) < 4.78 is 0. The Labute approximate surface area is 115 Å². The molecule has 1 saturated heterocycles. The minimum Gasteiger partial charge on any atom is -0.311 e. The van der Waals surface area contributed by atoms with Gasteiger partial charge in [-0.05, 0) is 17.8 Å². The summed E-state index contributed by atoms with van der Waals surface area (Å²) in [6.45, 7) is 16.6. The van der Waals surface area contributed by atoms with Crippen LogP contribution < -0.4 is 5.32 Å². The summed E-state index contributed by atoms with van der Waals surface area (Å²) in [5.74, 6) is 0.906. The first kappa shape index (κ1) is 16.0. The topological polar surface area (TPSA) is 15.3 Å². The van der Waals surface area contributed by atoms with Crippen LogP contribution in [0.4, 0.5) is 0 Å². The lowest BCUT2D eigenvalue weighted by atomic mass is 9.85. The molecule has 1 rings (SSSR count). The molecule has 2 nitrogen and oxygen atoms in total. The molecule has 1 heterocycles. The molecule has 1 aliphatic heterocycles. The zero-order valence-corrected chi connectivity index (χ0v) is 13.3. The molecule has 0 aromatic carbocycles. The predicted octanol–water partition coefficient (Wildman–Crippen LogP) is 3.52. The quantitative estimate of drug-likeness (QED) is 0.780. The zero-order valence-electron chi connectivity index (χ0n) is 13.3. The van der Waals surface area contributed by atoms with E-state index in [1.165, 1.54) is 45.3 Å². The number of nitrogens with one attached hydrogen (secondary N) is 1. The molecule has 0 amide bonds. The molecule has 0 radical (unpaired) electrons. The van der Waals surface area contributed by atoms with Crippen LogP contribution in [0, 0.1) is 11.3 Å². The Balaban J connectivity index is 2.41. The van der Waals surface area contributed by atoms with Crippen molar-refractivity contribution in [2.45, 2.75) is 66.3 Å². The van der Waals surface area contributed by atoms with Crippen molar-refractivity contribution in [3.8, 4) is 0 Å². The van der Waals surface area contributed by atoms with Crippen LogP contribution in [0.1, 0.15) is 60.3 Å². The summed E-state index contributed by atoms with van der Waals surface area (Å²) >= 11 is 0. The molecule has 0 bridgehead atoms. The van der Waals surface area contributed by atoms with Crippen molar-refractivity contribution in [2.24, 2.45) is 11.3 Å². The Morgan fingerprint density at radius 2 is 2.00 bits per heavy atom. The van der Waals surface area contributed by atoms with Gasteiger partial charge >= 0.3 is 0 Å². The highest BCUT2D eigenvalue weighted by Crippen LogP contribution is 2.23. The van der Waals surface area contributed by atoms with E-state index in [0.717, 1.165) is 12.5 Å². The van der Waals surface area contributed by atoms with Crippen molar-refractivity contribution >= 4 is 0 Å². The van der Waals surface area contributed by atoms with Crippen LogP contribution in [0.3, 0.4) is 0 Å². The molecule has 2 heteroatoms. The summed E-state index contributed by atoms with van der Waals surface area (Å²) in [5.41, 5.74) is 0.379.